The van der Waals surface area contributed by atoms with Crippen LogP contribution in [0, 0.1) is 17.5 Å². The average molecular weight is 453 g/mol. The second-order valence-corrected chi connectivity index (χ2v) is 6.07. The van der Waals surface area contributed by atoms with E-state index in [9.17, 15) is 44.3 Å². The fourth-order valence-electron chi connectivity index (χ4n) is 2.56. The molecule has 0 aliphatic heterocycles. The lowest BCUT2D eigenvalue weighted by atomic mass is 10.1. The van der Waals surface area contributed by atoms with Crippen LogP contribution in [-0.4, -0.2) is 15.7 Å². The van der Waals surface area contributed by atoms with E-state index in [1.54, 1.807) is 0 Å². The summed E-state index contributed by atoms with van der Waals surface area (Å²) >= 11 is 0. The van der Waals surface area contributed by atoms with Gasteiger partial charge in [-0.2, -0.15) is 31.4 Å². The Bertz CT molecular complexity index is 1110. The molecular formula is C18H8F9N3O. The molecule has 0 aliphatic rings. The minimum Gasteiger partial charge on any atom is -0.322 e. The molecule has 3 rings (SSSR count). The van der Waals surface area contributed by atoms with E-state index < -0.39 is 58.4 Å². The number of nitrogens with zero attached hydrogens (tertiary/aromatic N) is 2. The van der Waals surface area contributed by atoms with Crippen LogP contribution in [0.15, 0.2) is 42.5 Å². The maximum absolute atomic E-state index is 13.7. The van der Waals surface area contributed by atoms with Crippen LogP contribution in [0.5, 0.6) is 0 Å². The summed E-state index contributed by atoms with van der Waals surface area (Å²) in [4.78, 5) is 12.0. The van der Waals surface area contributed by atoms with Crippen molar-refractivity contribution in [2.24, 2.45) is 0 Å². The molecule has 0 aliphatic carbocycles. The minimum atomic E-state index is -5.15. The van der Waals surface area contributed by atoms with Crippen LogP contribution in [0.1, 0.15) is 21.7 Å². The largest absolute Gasteiger partial charge is 0.435 e. The van der Waals surface area contributed by atoms with Gasteiger partial charge in [-0.05, 0) is 24.3 Å². The summed E-state index contributed by atoms with van der Waals surface area (Å²) in [5.41, 5.74) is -5.15. The molecule has 31 heavy (non-hydrogen) atoms. The van der Waals surface area contributed by atoms with Crippen molar-refractivity contribution in [3.8, 4) is 5.69 Å². The van der Waals surface area contributed by atoms with Crippen LogP contribution in [0.2, 0.25) is 0 Å². The van der Waals surface area contributed by atoms with Gasteiger partial charge in [-0.15, -0.1) is 0 Å². The topological polar surface area (TPSA) is 46.9 Å². The van der Waals surface area contributed by atoms with E-state index in [4.69, 9.17) is 0 Å². The number of carbonyl (C=O) groups excluding carboxylic acids is 1. The SMILES string of the molecule is O=C(Nc1ccc(-n2nc(C(F)(F)F)cc2C(F)(F)F)cc1)c1c(F)cc(F)cc1F. The van der Waals surface area contributed by atoms with E-state index in [1.165, 1.54) is 0 Å². The van der Waals surface area contributed by atoms with Crippen LogP contribution in [0.4, 0.5) is 45.2 Å². The highest BCUT2D eigenvalue weighted by atomic mass is 19.4. The van der Waals surface area contributed by atoms with Gasteiger partial charge in [0.1, 0.15) is 28.7 Å². The van der Waals surface area contributed by atoms with Gasteiger partial charge in [0.25, 0.3) is 5.91 Å². The van der Waals surface area contributed by atoms with Crippen molar-refractivity contribution in [3.05, 3.63) is 76.9 Å². The first-order chi connectivity index (χ1) is 14.3. The number of carbonyl (C=O) groups is 1. The molecule has 0 bridgehead atoms. The van der Waals surface area contributed by atoms with Crippen molar-refractivity contribution in [1.29, 1.82) is 0 Å². The Morgan fingerprint density at radius 2 is 1.39 bits per heavy atom. The summed E-state index contributed by atoms with van der Waals surface area (Å²) in [6.07, 6.45) is -10.3. The zero-order valence-corrected chi connectivity index (χ0v) is 14.7. The number of nitrogens with one attached hydrogen (secondary N) is 1. The number of amides is 1. The molecule has 3 aromatic rings. The second kappa shape index (κ2) is 7.63. The fraction of sp³-hybridized carbons (Fsp3) is 0.111. The van der Waals surface area contributed by atoms with E-state index in [0.29, 0.717) is 0 Å². The summed E-state index contributed by atoms with van der Waals surface area (Å²) in [6, 6.07) is 4.13. The van der Waals surface area contributed by atoms with E-state index in [0.717, 1.165) is 24.3 Å². The van der Waals surface area contributed by atoms with Crippen LogP contribution in [0.25, 0.3) is 5.69 Å². The van der Waals surface area contributed by atoms with Gasteiger partial charge in [0.15, 0.2) is 5.69 Å². The van der Waals surface area contributed by atoms with Gasteiger partial charge in [0, 0.05) is 23.9 Å². The Labute approximate surface area is 166 Å². The first-order valence-corrected chi connectivity index (χ1v) is 8.08. The molecule has 1 amide bonds. The minimum absolute atomic E-state index is 0.0216. The molecular weight excluding hydrogens is 445 g/mol. The lowest BCUT2D eigenvalue weighted by Gasteiger charge is -2.11. The molecule has 0 fully saturated rings. The average Bonchev–Trinajstić information content (AvgIpc) is 3.07. The number of rotatable bonds is 3. The molecule has 0 saturated carbocycles. The summed E-state index contributed by atoms with van der Waals surface area (Å²) in [6.45, 7) is 0. The highest BCUT2D eigenvalue weighted by Crippen LogP contribution is 2.36. The molecule has 0 radical (unpaired) electrons. The highest BCUT2D eigenvalue weighted by molar-refractivity contribution is 6.04. The van der Waals surface area contributed by atoms with E-state index in [-0.39, 0.29) is 28.6 Å². The van der Waals surface area contributed by atoms with E-state index in [2.05, 4.69) is 5.10 Å². The van der Waals surface area contributed by atoms with Gasteiger partial charge in [0.05, 0.1) is 5.69 Å². The molecule has 1 N–H and O–H groups in total. The molecule has 0 spiro atoms. The van der Waals surface area contributed by atoms with Gasteiger partial charge in [-0.3, -0.25) is 4.79 Å². The lowest BCUT2D eigenvalue weighted by molar-refractivity contribution is -0.143. The van der Waals surface area contributed by atoms with Crippen molar-refractivity contribution in [1.82, 2.24) is 9.78 Å². The first-order valence-electron chi connectivity index (χ1n) is 8.08. The van der Waals surface area contributed by atoms with Gasteiger partial charge in [-0.1, -0.05) is 0 Å². The third-order valence-corrected chi connectivity index (χ3v) is 3.89. The van der Waals surface area contributed by atoms with Gasteiger partial charge in [-0.25, -0.2) is 17.9 Å². The number of hydrogen-bond donors (Lipinski definition) is 1. The van der Waals surface area contributed by atoms with Gasteiger partial charge < -0.3 is 5.32 Å². The third-order valence-electron chi connectivity index (χ3n) is 3.89. The smallest absolute Gasteiger partial charge is 0.322 e. The van der Waals surface area contributed by atoms with Crippen LogP contribution in [0.3, 0.4) is 0 Å². The Morgan fingerprint density at radius 1 is 0.839 bits per heavy atom. The number of benzene rings is 2. The van der Waals surface area contributed by atoms with E-state index in [1.807, 2.05) is 5.32 Å². The summed E-state index contributed by atoms with van der Waals surface area (Å²) < 4.78 is 118. The number of hydrogen-bond acceptors (Lipinski definition) is 2. The second-order valence-electron chi connectivity index (χ2n) is 6.07. The van der Waals surface area contributed by atoms with Crippen LogP contribution < -0.4 is 5.32 Å². The van der Waals surface area contributed by atoms with Crippen molar-refractivity contribution in [2.75, 3.05) is 5.32 Å². The van der Waals surface area contributed by atoms with Crippen LogP contribution in [-0.2, 0) is 12.4 Å². The van der Waals surface area contributed by atoms with Crippen LogP contribution >= 0.6 is 0 Å². The Kier molecular flexibility index (Phi) is 5.46. The predicted octanol–water partition coefficient (Wildman–Crippen LogP) is 5.58. The quantitative estimate of drug-likeness (QED) is 0.527. The lowest BCUT2D eigenvalue weighted by Crippen LogP contribution is -2.16. The maximum Gasteiger partial charge on any atom is 0.435 e. The van der Waals surface area contributed by atoms with Crippen molar-refractivity contribution in [2.45, 2.75) is 12.4 Å². The third kappa shape index (κ3) is 4.64. The Morgan fingerprint density at radius 3 is 1.87 bits per heavy atom. The number of aromatic nitrogens is 2. The normalized spacial score (nSPS) is 12.2. The van der Waals surface area contributed by atoms with Crippen molar-refractivity contribution >= 4 is 11.6 Å². The molecule has 1 heterocycles. The van der Waals surface area contributed by atoms with E-state index >= 15 is 0 Å². The molecule has 4 nitrogen and oxygen atoms in total. The Balaban J connectivity index is 1.91. The Hall–Kier alpha value is -3.51. The monoisotopic (exact) mass is 453 g/mol. The molecule has 0 saturated heterocycles. The predicted molar refractivity (Wildman–Crippen MR) is 87.8 cm³/mol. The fourth-order valence-corrected chi connectivity index (χ4v) is 2.56. The first kappa shape index (κ1) is 22.2. The summed E-state index contributed by atoms with van der Waals surface area (Å²) in [7, 11) is 0. The van der Waals surface area contributed by atoms with Gasteiger partial charge >= 0.3 is 12.4 Å². The van der Waals surface area contributed by atoms with Crippen molar-refractivity contribution < 1.29 is 44.3 Å². The highest BCUT2D eigenvalue weighted by Gasteiger charge is 2.42. The molecule has 0 unspecified atom stereocenters. The summed E-state index contributed by atoms with van der Waals surface area (Å²) in [5.74, 6) is -5.55. The van der Waals surface area contributed by atoms with Gasteiger partial charge in [0.2, 0.25) is 0 Å². The molecule has 13 heteroatoms. The molecule has 164 valence electrons. The number of alkyl halides is 6. The molecule has 2 aromatic carbocycles. The maximum atomic E-state index is 13.7. The number of anilines is 1. The van der Waals surface area contributed by atoms with Crippen molar-refractivity contribution in [3.63, 3.8) is 0 Å². The standard InChI is InChI=1S/C18H8F9N3O/c19-8-5-11(20)15(12(21)6-8)16(31)28-9-1-3-10(4-2-9)30-14(18(25,26)27)7-13(29-30)17(22,23)24/h1-7H,(H,28,31). The molecule has 0 atom stereocenters. The molecule has 1 aromatic heterocycles. The number of halogens is 9. The zero-order valence-electron chi connectivity index (χ0n) is 14.7. The summed E-state index contributed by atoms with van der Waals surface area (Å²) in [5, 5.41) is 4.98. The zero-order chi connectivity index (χ0) is 23.1.